The summed E-state index contributed by atoms with van der Waals surface area (Å²) in [6, 6.07) is 0. The molecule has 3 heteroatoms. The Kier molecular flexibility index (Phi) is 2.77. The number of carbonyl (C=O) groups is 1. The van der Waals surface area contributed by atoms with Crippen LogP contribution in [-0.4, -0.2) is 26.2 Å². The van der Waals surface area contributed by atoms with Gasteiger partial charge in [0, 0.05) is 0 Å². The first kappa shape index (κ1) is 9.97. The first-order valence-corrected chi connectivity index (χ1v) is 5.59. The van der Waals surface area contributed by atoms with Gasteiger partial charge in [-0.05, 0) is 44.7 Å². The van der Waals surface area contributed by atoms with Crippen molar-refractivity contribution in [2.45, 2.75) is 32.1 Å². The molecule has 1 aliphatic heterocycles. The molecule has 2 aliphatic rings. The molecule has 1 saturated heterocycles. The van der Waals surface area contributed by atoms with Crippen LogP contribution < -0.4 is 5.32 Å². The molecule has 1 unspecified atom stereocenters. The van der Waals surface area contributed by atoms with Crippen molar-refractivity contribution in [2.24, 2.45) is 11.3 Å². The van der Waals surface area contributed by atoms with E-state index in [4.69, 9.17) is 4.74 Å². The van der Waals surface area contributed by atoms with Crippen LogP contribution in [0.1, 0.15) is 32.1 Å². The van der Waals surface area contributed by atoms with Gasteiger partial charge < -0.3 is 10.1 Å². The molecule has 3 nitrogen and oxygen atoms in total. The number of piperidine rings is 1. The molecule has 1 aliphatic carbocycles. The molecule has 2 rings (SSSR count). The van der Waals surface area contributed by atoms with E-state index in [1.807, 2.05) is 0 Å². The molecule has 0 aromatic carbocycles. The molecule has 80 valence electrons. The minimum absolute atomic E-state index is 0.0254. The second kappa shape index (κ2) is 3.89. The van der Waals surface area contributed by atoms with Crippen molar-refractivity contribution < 1.29 is 9.53 Å². The lowest BCUT2D eigenvalue weighted by molar-refractivity contribution is -0.164. The lowest BCUT2D eigenvalue weighted by atomic mass is 9.59. The smallest absolute Gasteiger partial charge is 0.312 e. The van der Waals surface area contributed by atoms with Crippen molar-refractivity contribution >= 4 is 5.97 Å². The first-order valence-electron chi connectivity index (χ1n) is 5.59. The third-order valence-corrected chi connectivity index (χ3v) is 3.92. The molecule has 1 saturated carbocycles. The van der Waals surface area contributed by atoms with Crippen LogP contribution in [-0.2, 0) is 9.53 Å². The fraction of sp³-hybridized carbons (Fsp3) is 0.909. The second-order valence-electron chi connectivity index (χ2n) is 4.54. The Balaban J connectivity index is 2.06. The highest BCUT2D eigenvalue weighted by Gasteiger charge is 2.51. The van der Waals surface area contributed by atoms with Crippen molar-refractivity contribution in [3.63, 3.8) is 0 Å². The van der Waals surface area contributed by atoms with E-state index in [0.717, 1.165) is 25.9 Å². The molecule has 1 atom stereocenters. The number of esters is 1. The van der Waals surface area contributed by atoms with Gasteiger partial charge in [0.25, 0.3) is 0 Å². The molecule has 0 bridgehead atoms. The van der Waals surface area contributed by atoms with Crippen molar-refractivity contribution in [1.82, 2.24) is 5.32 Å². The maximum absolute atomic E-state index is 11.8. The van der Waals surface area contributed by atoms with Gasteiger partial charge in [0.15, 0.2) is 0 Å². The molecule has 0 radical (unpaired) electrons. The molecule has 0 aromatic heterocycles. The summed E-state index contributed by atoms with van der Waals surface area (Å²) in [6.07, 6.45) is 5.63. The number of carbonyl (C=O) groups excluding carboxylic acids is 1. The normalized spacial score (nSPS) is 30.5. The number of hydrogen-bond donors (Lipinski definition) is 1. The van der Waals surface area contributed by atoms with Gasteiger partial charge in [-0.25, -0.2) is 0 Å². The quantitative estimate of drug-likeness (QED) is 0.679. The summed E-state index contributed by atoms with van der Waals surface area (Å²) in [5.41, 5.74) is -0.123. The Morgan fingerprint density at radius 1 is 1.43 bits per heavy atom. The topological polar surface area (TPSA) is 38.3 Å². The highest BCUT2D eigenvalue weighted by atomic mass is 16.5. The van der Waals surface area contributed by atoms with E-state index in [2.05, 4.69) is 5.32 Å². The highest BCUT2D eigenvalue weighted by Crippen LogP contribution is 2.50. The van der Waals surface area contributed by atoms with Crippen LogP contribution in [0, 0.1) is 11.3 Å². The van der Waals surface area contributed by atoms with E-state index in [9.17, 15) is 4.79 Å². The van der Waals surface area contributed by atoms with Crippen molar-refractivity contribution in [2.75, 3.05) is 20.2 Å². The van der Waals surface area contributed by atoms with Gasteiger partial charge in [0.2, 0.25) is 0 Å². The zero-order chi connectivity index (χ0) is 10.0. The van der Waals surface area contributed by atoms with Gasteiger partial charge in [0.1, 0.15) is 0 Å². The van der Waals surface area contributed by atoms with Crippen LogP contribution in [0.3, 0.4) is 0 Å². The third-order valence-electron chi connectivity index (χ3n) is 3.92. The first-order chi connectivity index (χ1) is 6.79. The molecule has 0 aromatic rings. The average molecular weight is 197 g/mol. The Morgan fingerprint density at radius 3 is 2.64 bits per heavy atom. The number of nitrogens with one attached hydrogen (secondary N) is 1. The van der Waals surface area contributed by atoms with Crippen LogP contribution in [0.4, 0.5) is 0 Å². The van der Waals surface area contributed by atoms with Gasteiger partial charge >= 0.3 is 5.97 Å². The Hall–Kier alpha value is -0.570. The maximum Gasteiger partial charge on any atom is 0.312 e. The molecular weight excluding hydrogens is 178 g/mol. The fourth-order valence-electron chi connectivity index (χ4n) is 2.86. The summed E-state index contributed by atoms with van der Waals surface area (Å²) < 4.78 is 4.94. The lowest BCUT2D eigenvalue weighted by Crippen LogP contribution is -2.50. The summed E-state index contributed by atoms with van der Waals surface area (Å²) in [4.78, 5) is 11.8. The second-order valence-corrected chi connectivity index (χ2v) is 4.54. The Bertz CT molecular complexity index is 217. The van der Waals surface area contributed by atoms with Crippen molar-refractivity contribution in [3.05, 3.63) is 0 Å². The van der Waals surface area contributed by atoms with Gasteiger partial charge in [-0.1, -0.05) is 6.42 Å². The largest absolute Gasteiger partial charge is 0.469 e. The predicted octanol–water partition coefficient (Wildman–Crippen LogP) is 1.33. The van der Waals surface area contributed by atoms with E-state index >= 15 is 0 Å². The van der Waals surface area contributed by atoms with Gasteiger partial charge in [0.05, 0.1) is 12.5 Å². The number of ether oxygens (including phenoxy) is 1. The monoisotopic (exact) mass is 197 g/mol. The van der Waals surface area contributed by atoms with Crippen molar-refractivity contribution in [3.8, 4) is 0 Å². The van der Waals surface area contributed by atoms with E-state index in [-0.39, 0.29) is 11.4 Å². The van der Waals surface area contributed by atoms with Crippen molar-refractivity contribution in [1.29, 1.82) is 0 Å². The number of methoxy groups -OCH3 is 1. The molecular formula is C11H19NO2. The van der Waals surface area contributed by atoms with Gasteiger partial charge in [-0.2, -0.15) is 0 Å². The van der Waals surface area contributed by atoms with Crippen LogP contribution in [0.25, 0.3) is 0 Å². The third kappa shape index (κ3) is 1.44. The summed E-state index contributed by atoms with van der Waals surface area (Å²) in [5, 5.41) is 3.38. The molecule has 2 fully saturated rings. The Labute approximate surface area is 85.2 Å². The molecule has 14 heavy (non-hydrogen) atoms. The van der Waals surface area contributed by atoms with E-state index < -0.39 is 0 Å². The SMILES string of the molecule is COC(=O)C1(C2CCCNC2)CCC1. The van der Waals surface area contributed by atoms with Crippen LogP contribution in [0.5, 0.6) is 0 Å². The molecule has 1 heterocycles. The number of hydrogen-bond acceptors (Lipinski definition) is 3. The maximum atomic E-state index is 11.8. The minimum atomic E-state index is -0.123. The van der Waals surface area contributed by atoms with Crippen LogP contribution in [0.15, 0.2) is 0 Å². The lowest BCUT2D eigenvalue weighted by Gasteiger charge is -2.46. The standard InChI is InChI=1S/C11H19NO2/c1-14-10(13)11(5-3-6-11)9-4-2-7-12-8-9/h9,12H,2-8H2,1H3. The zero-order valence-corrected chi connectivity index (χ0v) is 8.84. The van der Waals surface area contributed by atoms with Crippen LogP contribution in [0.2, 0.25) is 0 Å². The van der Waals surface area contributed by atoms with Crippen LogP contribution >= 0.6 is 0 Å². The fourth-order valence-corrected chi connectivity index (χ4v) is 2.86. The molecule has 0 amide bonds. The summed E-state index contributed by atoms with van der Waals surface area (Å²) >= 11 is 0. The van der Waals surface area contributed by atoms with Gasteiger partial charge in [-0.3, -0.25) is 4.79 Å². The van der Waals surface area contributed by atoms with E-state index in [1.165, 1.54) is 26.4 Å². The molecule has 0 spiro atoms. The van der Waals surface area contributed by atoms with E-state index in [0.29, 0.717) is 5.92 Å². The van der Waals surface area contributed by atoms with Gasteiger partial charge in [-0.15, -0.1) is 0 Å². The summed E-state index contributed by atoms with van der Waals surface area (Å²) in [7, 11) is 1.51. The zero-order valence-electron chi connectivity index (χ0n) is 8.84. The Morgan fingerprint density at radius 2 is 2.21 bits per heavy atom. The average Bonchev–Trinajstić information content (AvgIpc) is 2.17. The molecule has 1 N–H and O–H groups in total. The summed E-state index contributed by atoms with van der Waals surface area (Å²) in [5.74, 6) is 0.537. The van der Waals surface area contributed by atoms with E-state index in [1.54, 1.807) is 0 Å². The predicted molar refractivity (Wildman–Crippen MR) is 53.9 cm³/mol. The summed E-state index contributed by atoms with van der Waals surface area (Å²) in [6.45, 7) is 2.10. The highest BCUT2D eigenvalue weighted by molar-refractivity contribution is 5.78. The minimum Gasteiger partial charge on any atom is -0.469 e. The number of rotatable bonds is 2.